The van der Waals surface area contributed by atoms with E-state index in [4.69, 9.17) is 4.74 Å². The zero-order valence-corrected chi connectivity index (χ0v) is 16.3. The molecule has 0 saturated carbocycles. The first-order chi connectivity index (χ1) is 13.0. The highest BCUT2D eigenvalue weighted by atomic mass is 16.5. The third kappa shape index (κ3) is 5.19. The van der Waals surface area contributed by atoms with Crippen LogP contribution < -0.4 is 5.32 Å². The molecule has 0 bridgehead atoms. The summed E-state index contributed by atoms with van der Waals surface area (Å²) in [4.78, 5) is 32.7. The third-order valence-corrected chi connectivity index (χ3v) is 5.33. The number of aryl methyl sites for hydroxylation is 1. The lowest BCUT2D eigenvalue weighted by atomic mass is 9.89. The maximum atomic E-state index is 12.7. The number of carbonyl (C=O) groups is 2. The number of nitrogens with one attached hydrogen (secondary N) is 1. The minimum atomic E-state index is -0.309. The molecule has 0 aromatic carbocycles. The van der Waals surface area contributed by atoms with Gasteiger partial charge in [0.15, 0.2) is 0 Å². The van der Waals surface area contributed by atoms with Crippen LogP contribution in [0.15, 0.2) is 24.5 Å². The highest BCUT2D eigenvalue weighted by Gasteiger charge is 2.41. The molecule has 0 atom stereocenters. The molecule has 2 aliphatic heterocycles. The smallest absolute Gasteiger partial charge is 0.317 e. The molecule has 3 rings (SSSR count). The van der Waals surface area contributed by atoms with Gasteiger partial charge in [0.05, 0.1) is 12.2 Å². The zero-order valence-electron chi connectivity index (χ0n) is 16.3. The molecule has 3 heterocycles. The van der Waals surface area contributed by atoms with Crippen molar-refractivity contribution in [2.75, 3.05) is 32.8 Å². The molecule has 7 nitrogen and oxygen atoms in total. The Morgan fingerprint density at radius 1 is 1.26 bits per heavy atom. The number of ether oxygens (including phenoxy) is 1. The fourth-order valence-corrected chi connectivity index (χ4v) is 3.77. The lowest BCUT2D eigenvalue weighted by Crippen LogP contribution is -2.59. The van der Waals surface area contributed by atoms with Gasteiger partial charge >= 0.3 is 6.03 Å². The van der Waals surface area contributed by atoms with Gasteiger partial charge in [-0.15, -0.1) is 0 Å². The summed E-state index contributed by atoms with van der Waals surface area (Å²) in [6.07, 6.45) is 6.29. The number of pyridine rings is 1. The molecule has 2 aliphatic rings. The number of likely N-dealkylation sites (tertiary alicyclic amines) is 1. The van der Waals surface area contributed by atoms with Crippen LogP contribution in [0.1, 0.15) is 38.7 Å². The van der Waals surface area contributed by atoms with Crippen LogP contribution >= 0.6 is 0 Å². The lowest BCUT2D eigenvalue weighted by Gasteiger charge is -2.47. The zero-order chi connectivity index (χ0) is 19.3. The second-order valence-electron chi connectivity index (χ2n) is 7.80. The minimum Gasteiger partial charge on any atom is -0.371 e. The predicted octanol–water partition coefficient (Wildman–Crippen LogP) is 1.83. The number of carbonyl (C=O) groups excluding carboxylic acids is 2. The Kier molecular flexibility index (Phi) is 6.31. The molecule has 0 unspecified atom stereocenters. The Balaban J connectivity index is 1.50. The second kappa shape index (κ2) is 8.69. The Hall–Kier alpha value is -2.15. The number of hydrogen-bond acceptors (Lipinski definition) is 4. The molecule has 1 spiro atoms. The van der Waals surface area contributed by atoms with Crippen LogP contribution in [0.5, 0.6) is 0 Å². The van der Waals surface area contributed by atoms with Crippen molar-refractivity contribution in [1.29, 1.82) is 0 Å². The van der Waals surface area contributed by atoms with E-state index in [0.717, 1.165) is 18.4 Å². The van der Waals surface area contributed by atoms with Crippen LogP contribution in [-0.2, 0) is 16.0 Å². The maximum absolute atomic E-state index is 12.7. The number of morpholine rings is 1. The van der Waals surface area contributed by atoms with Crippen LogP contribution in [0, 0.1) is 0 Å². The summed E-state index contributed by atoms with van der Waals surface area (Å²) in [6, 6.07) is 4.01. The number of piperidine rings is 1. The van der Waals surface area contributed by atoms with Crippen molar-refractivity contribution < 1.29 is 14.3 Å². The van der Waals surface area contributed by atoms with Crippen molar-refractivity contribution in [1.82, 2.24) is 20.1 Å². The van der Waals surface area contributed by atoms with Crippen molar-refractivity contribution >= 4 is 11.9 Å². The Morgan fingerprint density at radius 3 is 2.70 bits per heavy atom. The van der Waals surface area contributed by atoms with Gasteiger partial charge in [-0.1, -0.05) is 6.07 Å². The maximum Gasteiger partial charge on any atom is 0.317 e. The average Bonchev–Trinajstić information content (AvgIpc) is 2.67. The van der Waals surface area contributed by atoms with E-state index in [1.165, 1.54) is 0 Å². The third-order valence-electron chi connectivity index (χ3n) is 5.33. The van der Waals surface area contributed by atoms with Crippen molar-refractivity contribution in [2.45, 2.75) is 51.2 Å². The molecule has 148 valence electrons. The summed E-state index contributed by atoms with van der Waals surface area (Å²) in [6.45, 7) is 7.08. The van der Waals surface area contributed by atoms with Crippen LogP contribution in [0.2, 0.25) is 0 Å². The molecule has 0 aliphatic carbocycles. The number of urea groups is 1. The van der Waals surface area contributed by atoms with E-state index in [2.05, 4.69) is 10.3 Å². The molecular formula is C20H30N4O3. The van der Waals surface area contributed by atoms with Crippen molar-refractivity contribution in [3.63, 3.8) is 0 Å². The van der Waals surface area contributed by atoms with Gasteiger partial charge in [-0.2, -0.15) is 0 Å². The average molecular weight is 374 g/mol. The monoisotopic (exact) mass is 374 g/mol. The minimum absolute atomic E-state index is 0.0138. The normalized spacial score (nSPS) is 19.4. The van der Waals surface area contributed by atoms with Crippen LogP contribution in [0.25, 0.3) is 0 Å². The Labute approximate surface area is 161 Å². The molecule has 27 heavy (non-hydrogen) atoms. The topological polar surface area (TPSA) is 74.8 Å². The van der Waals surface area contributed by atoms with Gasteiger partial charge in [-0.3, -0.25) is 9.78 Å². The first kappa shape index (κ1) is 19.6. The summed E-state index contributed by atoms with van der Waals surface area (Å²) in [5.41, 5.74) is 0.773. The summed E-state index contributed by atoms with van der Waals surface area (Å²) in [5, 5.41) is 2.94. The summed E-state index contributed by atoms with van der Waals surface area (Å²) >= 11 is 0. The summed E-state index contributed by atoms with van der Waals surface area (Å²) < 4.78 is 6.10. The van der Waals surface area contributed by atoms with Gasteiger partial charge in [-0.25, -0.2) is 4.79 Å². The highest BCUT2D eigenvalue weighted by Crippen LogP contribution is 2.30. The standard InChI is InChI=1S/C20H30N4O3/c1-16(2)22-19(26)23-10-7-20(8-11-23)15-24(12-13-27-20)18(25)6-5-17-4-3-9-21-14-17/h3-4,9,14,16H,5-8,10-13,15H2,1-2H3,(H,22,26). The van der Waals surface area contributed by atoms with Crippen LogP contribution in [-0.4, -0.2) is 71.2 Å². The van der Waals surface area contributed by atoms with Gasteiger partial charge < -0.3 is 19.9 Å². The van der Waals surface area contributed by atoms with Gasteiger partial charge in [-0.05, 0) is 44.7 Å². The molecule has 1 aromatic heterocycles. The number of aromatic nitrogens is 1. The van der Waals surface area contributed by atoms with Crippen molar-refractivity contribution in [3.05, 3.63) is 30.1 Å². The van der Waals surface area contributed by atoms with Crippen molar-refractivity contribution in [2.24, 2.45) is 0 Å². The van der Waals surface area contributed by atoms with Crippen LogP contribution in [0.3, 0.4) is 0 Å². The van der Waals surface area contributed by atoms with E-state index < -0.39 is 0 Å². The first-order valence-electron chi connectivity index (χ1n) is 9.83. The van der Waals surface area contributed by atoms with E-state index in [1.807, 2.05) is 42.0 Å². The fraction of sp³-hybridized carbons (Fsp3) is 0.650. The largest absolute Gasteiger partial charge is 0.371 e. The first-order valence-corrected chi connectivity index (χ1v) is 9.83. The second-order valence-corrected chi connectivity index (χ2v) is 7.80. The molecule has 1 aromatic rings. The Bertz CT molecular complexity index is 642. The van der Waals surface area contributed by atoms with Gasteiger partial charge in [0.25, 0.3) is 0 Å². The van der Waals surface area contributed by atoms with Gasteiger partial charge in [0.2, 0.25) is 5.91 Å². The molecule has 0 radical (unpaired) electrons. The summed E-state index contributed by atoms with van der Waals surface area (Å²) in [7, 11) is 0. The molecule has 2 saturated heterocycles. The molecule has 1 N–H and O–H groups in total. The molecule has 7 heteroatoms. The van der Waals surface area contributed by atoms with E-state index in [1.54, 1.807) is 6.20 Å². The number of nitrogens with zero attached hydrogens (tertiary/aromatic N) is 3. The number of hydrogen-bond donors (Lipinski definition) is 1. The van der Waals surface area contributed by atoms with E-state index in [9.17, 15) is 9.59 Å². The number of rotatable bonds is 4. The van der Waals surface area contributed by atoms with E-state index in [0.29, 0.717) is 45.6 Å². The SMILES string of the molecule is CC(C)NC(=O)N1CCC2(CC1)CN(C(=O)CCc1cccnc1)CCO2. The summed E-state index contributed by atoms with van der Waals surface area (Å²) in [5.74, 6) is 0.168. The molecule has 3 amide bonds. The van der Waals surface area contributed by atoms with Crippen LogP contribution in [0.4, 0.5) is 4.79 Å². The molecule has 2 fully saturated rings. The van der Waals surface area contributed by atoms with E-state index >= 15 is 0 Å². The molecular weight excluding hydrogens is 344 g/mol. The number of amides is 3. The Morgan fingerprint density at radius 2 is 2.04 bits per heavy atom. The fourth-order valence-electron chi connectivity index (χ4n) is 3.77. The van der Waals surface area contributed by atoms with E-state index in [-0.39, 0.29) is 23.6 Å². The predicted molar refractivity (Wildman–Crippen MR) is 102 cm³/mol. The van der Waals surface area contributed by atoms with Gasteiger partial charge in [0.1, 0.15) is 0 Å². The van der Waals surface area contributed by atoms with Crippen molar-refractivity contribution in [3.8, 4) is 0 Å². The van der Waals surface area contributed by atoms with Gasteiger partial charge in [0, 0.05) is 51.0 Å². The lowest BCUT2D eigenvalue weighted by molar-refractivity contribution is -0.158. The highest BCUT2D eigenvalue weighted by molar-refractivity contribution is 5.77. The quantitative estimate of drug-likeness (QED) is 0.872.